The van der Waals surface area contributed by atoms with Crippen molar-refractivity contribution in [3.8, 4) is 5.75 Å². The van der Waals surface area contributed by atoms with Crippen LogP contribution in [-0.2, 0) is 6.54 Å². The molecule has 3 rings (SSSR count). The maximum Gasteiger partial charge on any atom is 0.262 e. The lowest BCUT2D eigenvalue weighted by molar-refractivity contribution is 0.0977. The van der Waals surface area contributed by atoms with Gasteiger partial charge in [-0.2, -0.15) is 0 Å². The van der Waals surface area contributed by atoms with Crippen molar-refractivity contribution in [2.75, 3.05) is 23.8 Å². The van der Waals surface area contributed by atoms with Gasteiger partial charge in [0.25, 0.3) is 5.91 Å². The van der Waals surface area contributed by atoms with E-state index in [0.29, 0.717) is 24.5 Å². The molecule has 0 saturated heterocycles. The molecule has 0 spiro atoms. The Morgan fingerprint density at radius 2 is 2.15 bits per heavy atom. The first kappa shape index (κ1) is 12.6. The fourth-order valence-electron chi connectivity index (χ4n) is 2.47. The van der Waals surface area contributed by atoms with E-state index in [4.69, 9.17) is 10.5 Å². The SMILES string of the molecule is CCn1ccc(C(=O)N2CCOc3ccccc32)c1N. The van der Waals surface area contributed by atoms with E-state index in [9.17, 15) is 4.79 Å². The molecule has 0 saturated carbocycles. The summed E-state index contributed by atoms with van der Waals surface area (Å²) < 4.78 is 7.43. The molecular formula is C15H17N3O2. The topological polar surface area (TPSA) is 60.5 Å². The summed E-state index contributed by atoms with van der Waals surface area (Å²) in [6, 6.07) is 9.33. The van der Waals surface area contributed by atoms with Crippen LogP contribution in [0, 0.1) is 0 Å². The summed E-state index contributed by atoms with van der Waals surface area (Å²) in [7, 11) is 0. The van der Waals surface area contributed by atoms with Crippen LogP contribution in [0.3, 0.4) is 0 Å². The molecule has 0 aliphatic carbocycles. The van der Waals surface area contributed by atoms with Crippen LogP contribution in [0.15, 0.2) is 36.5 Å². The highest BCUT2D eigenvalue weighted by molar-refractivity contribution is 6.09. The number of nitrogens with two attached hydrogens (primary N) is 1. The maximum atomic E-state index is 12.7. The van der Waals surface area contributed by atoms with Crippen LogP contribution >= 0.6 is 0 Å². The monoisotopic (exact) mass is 271 g/mol. The van der Waals surface area contributed by atoms with Crippen LogP contribution in [0.4, 0.5) is 11.5 Å². The standard InChI is InChI=1S/C15H17N3O2/c1-2-17-8-7-11(14(17)16)15(19)18-9-10-20-13-6-4-3-5-12(13)18/h3-8H,2,9-10,16H2,1H3. The van der Waals surface area contributed by atoms with Gasteiger partial charge in [0.05, 0.1) is 17.8 Å². The lowest BCUT2D eigenvalue weighted by Gasteiger charge is -2.29. The number of rotatable bonds is 2. The van der Waals surface area contributed by atoms with Gasteiger partial charge in [-0.1, -0.05) is 12.1 Å². The van der Waals surface area contributed by atoms with E-state index in [1.54, 1.807) is 11.0 Å². The Hall–Kier alpha value is -2.43. The van der Waals surface area contributed by atoms with Crippen molar-refractivity contribution < 1.29 is 9.53 Å². The zero-order valence-corrected chi connectivity index (χ0v) is 11.4. The number of para-hydroxylation sites is 2. The van der Waals surface area contributed by atoms with Gasteiger partial charge >= 0.3 is 0 Å². The molecule has 1 aromatic heterocycles. The highest BCUT2D eigenvalue weighted by Gasteiger charge is 2.26. The highest BCUT2D eigenvalue weighted by atomic mass is 16.5. The Labute approximate surface area is 117 Å². The predicted molar refractivity (Wildman–Crippen MR) is 78.1 cm³/mol. The van der Waals surface area contributed by atoms with E-state index in [-0.39, 0.29) is 5.91 Å². The fraction of sp³-hybridized carbons (Fsp3) is 0.267. The molecule has 5 heteroatoms. The molecule has 104 valence electrons. The van der Waals surface area contributed by atoms with E-state index in [1.165, 1.54) is 0 Å². The fourth-order valence-corrected chi connectivity index (χ4v) is 2.47. The average molecular weight is 271 g/mol. The van der Waals surface area contributed by atoms with Crippen molar-refractivity contribution in [1.82, 2.24) is 4.57 Å². The maximum absolute atomic E-state index is 12.7. The number of hydrogen-bond acceptors (Lipinski definition) is 3. The third-order valence-corrected chi connectivity index (χ3v) is 3.55. The Kier molecular flexibility index (Phi) is 3.10. The van der Waals surface area contributed by atoms with Crippen LogP contribution < -0.4 is 15.4 Å². The van der Waals surface area contributed by atoms with Crippen LogP contribution in [0.25, 0.3) is 0 Å². The van der Waals surface area contributed by atoms with Crippen molar-refractivity contribution in [1.29, 1.82) is 0 Å². The molecule has 1 amide bonds. The number of hydrogen-bond donors (Lipinski definition) is 1. The van der Waals surface area contributed by atoms with E-state index < -0.39 is 0 Å². The minimum absolute atomic E-state index is 0.0783. The number of nitrogens with zero attached hydrogens (tertiary/aromatic N) is 2. The Bertz CT molecular complexity index is 648. The molecule has 2 heterocycles. The van der Waals surface area contributed by atoms with Gasteiger partial charge in [0.15, 0.2) is 0 Å². The van der Waals surface area contributed by atoms with Gasteiger partial charge in [0.2, 0.25) is 0 Å². The zero-order valence-electron chi connectivity index (χ0n) is 11.4. The minimum atomic E-state index is -0.0783. The Morgan fingerprint density at radius 3 is 2.90 bits per heavy atom. The number of amides is 1. The summed E-state index contributed by atoms with van der Waals surface area (Å²) >= 11 is 0. The van der Waals surface area contributed by atoms with Crippen LogP contribution in [-0.4, -0.2) is 23.6 Å². The van der Waals surface area contributed by atoms with Crippen LogP contribution in [0.5, 0.6) is 5.75 Å². The van der Waals surface area contributed by atoms with Crippen molar-refractivity contribution >= 4 is 17.4 Å². The van der Waals surface area contributed by atoms with Gasteiger partial charge in [-0.3, -0.25) is 4.79 Å². The van der Waals surface area contributed by atoms with Gasteiger partial charge in [0, 0.05) is 12.7 Å². The molecule has 2 aromatic rings. The first-order valence-electron chi connectivity index (χ1n) is 6.70. The number of ether oxygens (including phenoxy) is 1. The lowest BCUT2D eigenvalue weighted by atomic mass is 10.2. The first-order valence-corrected chi connectivity index (χ1v) is 6.70. The van der Waals surface area contributed by atoms with Crippen molar-refractivity contribution in [2.24, 2.45) is 0 Å². The number of carbonyl (C=O) groups is 1. The summed E-state index contributed by atoms with van der Waals surface area (Å²) in [6.45, 7) is 3.77. The molecule has 1 aliphatic heterocycles. The number of aromatic nitrogens is 1. The van der Waals surface area contributed by atoms with Crippen LogP contribution in [0.2, 0.25) is 0 Å². The highest BCUT2D eigenvalue weighted by Crippen LogP contribution is 2.32. The van der Waals surface area contributed by atoms with Gasteiger partial charge in [0.1, 0.15) is 18.2 Å². The van der Waals surface area contributed by atoms with E-state index in [0.717, 1.165) is 18.0 Å². The molecule has 0 fully saturated rings. The normalized spacial score (nSPS) is 13.8. The van der Waals surface area contributed by atoms with E-state index >= 15 is 0 Å². The second kappa shape index (κ2) is 4.92. The molecular weight excluding hydrogens is 254 g/mol. The summed E-state index contributed by atoms with van der Waals surface area (Å²) in [6.07, 6.45) is 1.84. The van der Waals surface area contributed by atoms with Gasteiger partial charge in [-0.15, -0.1) is 0 Å². The molecule has 5 nitrogen and oxygen atoms in total. The van der Waals surface area contributed by atoms with Gasteiger partial charge in [-0.25, -0.2) is 0 Å². The van der Waals surface area contributed by atoms with E-state index in [2.05, 4.69) is 0 Å². The third kappa shape index (κ3) is 1.91. The van der Waals surface area contributed by atoms with Crippen molar-refractivity contribution in [3.05, 3.63) is 42.1 Å². The number of nitrogen functional groups attached to an aromatic ring is 1. The Morgan fingerprint density at radius 1 is 1.35 bits per heavy atom. The summed E-state index contributed by atoms with van der Waals surface area (Å²) in [5, 5.41) is 0. The van der Waals surface area contributed by atoms with Gasteiger partial charge in [-0.05, 0) is 25.1 Å². The minimum Gasteiger partial charge on any atom is -0.490 e. The number of carbonyl (C=O) groups excluding carboxylic acids is 1. The van der Waals surface area contributed by atoms with Crippen molar-refractivity contribution in [2.45, 2.75) is 13.5 Å². The smallest absolute Gasteiger partial charge is 0.262 e. The largest absolute Gasteiger partial charge is 0.490 e. The van der Waals surface area contributed by atoms with E-state index in [1.807, 2.05) is 42.0 Å². The summed E-state index contributed by atoms with van der Waals surface area (Å²) in [5.41, 5.74) is 7.37. The molecule has 2 N–H and O–H groups in total. The molecule has 0 bridgehead atoms. The number of aryl methyl sites for hydroxylation is 1. The van der Waals surface area contributed by atoms with Crippen LogP contribution in [0.1, 0.15) is 17.3 Å². The second-order valence-corrected chi connectivity index (χ2v) is 4.67. The lowest BCUT2D eigenvalue weighted by Crippen LogP contribution is -2.38. The third-order valence-electron chi connectivity index (χ3n) is 3.55. The molecule has 0 unspecified atom stereocenters. The molecule has 20 heavy (non-hydrogen) atoms. The second-order valence-electron chi connectivity index (χ2n) is 4.67. The first-order chi connectivity index (χ1) is 9.72. The number of fused-ring (bicyclic) bond motifs is 1. The molecule has 1 aromatic carbocycles. The molecule has 0 radical (unpaired) electrons. The number of benzene rings is 1. The summed E-state index contributed by atoms with van der Waals surface area (Å²) in [5.74, 6) is 1.17. The van der Waals surface area contributed by atoms with Gasteiger partial charge < -0.3 is 19.9 Å². The molecule has 1 aliphatic rings. The zero-order chi connectivity index (χ0) is 14.1. The summed E-state index contributed by atoms with van der Waals surface area (Å²) in [4.78, 5) is 14.4. The Balaban J connectivity index is 1.97. The van der Waals surface area contributed by atoms with Crippen molar-refractivity contribution in [3.63, 3.8) is 0 Å². The molecule has 0 atom stereocenters. The quantitative estimate of drug-likeness (QED) is 0.910. The average Bonchev–Trinajstić information content (AvgIpc) is 2.87. The number of anilines is 2. The predicted octanol–water partition coefficient (Wildman–Crippen LogP) is 2.13.